The Labute approximate surface area is 112 Å². The van der Waals surface area contributed by atoms with E-state index in [1.165, 1.54) is 0 Å². The van der Waals surface area contributed by atoms with E-state index in [4.69, 9.17) is 0 Å². The van der Waals surface area contributed by atoms with Crippen LogP contribution in [0.5, 0.6) is 0 Å². The Balaban J connectivity index is 1.86. The fraction of sp³-hybridized carbons (Fsp3) is 0.267. The van der Waals surface area contributed by atoms with Crippen LogP contribution in [0.3, 0.4) is 0 Å². The van der Waals surface area contributed by atoms with Gasteiger partial charge in [-0.05, 0) is 0 Å². The summed E-state index contributed by atoms with van der Waals surface area (Å²) in [6, 6.07) is 12.0. The van der Waals surface area contributed by atoms with E-state index in [-0.39, 0.29) is 0 Å². The highest BCUT2D eigenvalue weighted by molar-refractivity contribution is 5.81. The Morgan fingerprint density at radius 2 is 1.74 bits per heavy atom. The zero-order valence-electron chi connectivity index (χ0n) is 10.6. The number of benzene rings is 1. The van der Waals surface area contributed by atoms with Gasteiger partial charge in [-0.1, -0.05) is 30.3 Å². The van der Waals surface area contributed by atoms with Crippen molar-refractivity contribution in [3.05, 3.63) is 42.7 Å². The fourth-order valence-electron chi connectivity index (χ4n) is 2.27. The monoisotopic (exact) mass is 253 g/mol. The maximum absolute atomic E-state index is 11.3. The summed E-state index contributed by atoms with van der Waals surface area (Å²) in [6.45, 7) is 1.51. The largest absolute Gasteiger partial charge is 0.356 e. The van der Waals surface area contributed by atoms with E-state index >= 15 is 0 Å². The molecule has 0 N–H and O–H groups in total. The smallest absolute Gasteiger partial charge is 0.136 e. The maximum Gasteiger partial charge on any atom is 0.136 e. The molecule has 1 aliphatic heterocycles. The summed E-state index contributed by atoms with van der Waals surface area (Å²) in [4.78, 5) is 22.0. The summed E-state index contributed by atoms with van der Waals surface area (Å²) in [7, 11) is 0. The van der Waals surface area contributed by atoms with E-state index in [1.807, 2.05) is 36.4 Å². The molecule has 2 aromatic rings. The Hall–Kier alpha value is -2.23. The van der Waals surface area contributed by atoms with Gasteiger partial charge in [-0.3, -0.25) is 4.79 Å². The molecular weight excluding hydrogens is 238 g/mol. The zero-order chi connectivity index (χ0) is 13.1. The number of ketones is 1. The lowest BCUT2D eigenvalue weighted by Crippen LogP contribution is -2.34. The quantitative estimate of drug-likeness (QED) is 0.824. The Morgan fingerprint density at radius 1 is 1.00 bits per heavy atom. The molecule has 96 valence electrons. The maximum atomic E-state index is 11.3. The van der Waals surface area contributed by atoms with E-state index < -0.39 is 0 Å². The van der Waals surface area contributed by atoms with E-state index in [0.29, 0.717) is 18.6 Å². The minimum absolute atomic E-state index is 0.341. The summed E-state index contributed by atoms with van der Waals surface area (Å²) >= 11 is 0. The van der Waals surface area contributed by atoms with Crippen LogP contribution < -0.4 is 4.90 Å². The van der Waals surface area contributed by atoms with Gasteiger partial charge in [-0.15, -0.1) is 0 Å². The van der Waals surface area contributed by atoms with Crippen LogP contribution in [0.25, 0.3) is 11.3 Å². The number of hydrogen-bond acceptors (Lipinski definition) is 4. The fourth-order valence-corrected chi connectivity index (χ4v) is 2.27. The number of carbonyl (C=O) groups excluding carboxylic acids is 1. The highest BCUT2D eigenvalue weighted by Crippen LogP contribution is 2.22. The summed E-state index contributed by atoms with van der Waals surface area (Å²) in [5.41, 5.74) is 2.00. The molecule has 0 amide bonds. The van der Waals surface area contributed by atoms with Crippen molar-refractivity contribution in [3.8, 4) is 11.3 Å². The van der Waals surface area contributed by atoms with Crippen molar-refractivity contribution in [2.24, 2.45) is 0 Å². The number of nitrogens with zero attached hydrogens (tertiary/aromatic N) is 3. The first kappa shape index (κ1) is 11.8. The zero-order valence-corrected chi connectivity index (χ0v) is 10.6. The summed E-state index contributed by atoms with van der Waals surface area (Å²) in [5.74, 6) is 1.25. The molecule has 0 unspecified atom stereocenters. The number of hydrogen-bond donors (Lipinski definition) is 0. The van der Waals surface area contributed by atoms with E-state index in [1.54, 1.807) is 6.33 Å². The minimum Gasteiger partial charge on any atom is -0.356 e. The van der Waals surface area contributed by atoms with Gasteiger partial charge >= 0.3 is 0 Å². The van der Waals surface area contributed by atoms with Gasteiger partial charge in [0.25, 0.3) is 0 Å². The van der Waals surface area contributed by atoms with E-state index in [2.05, 4.69) is 14.9 Å². The molecule has 3 rings (SSSR count). The highest BCUT2D eigenvalue weighted by Gasteiger charge is 2.17. The molecule has 1 aromatic heterocycles. The molecule has 1 saturated heterocycles. The van der Waals surface area contributed by atoms with Gasteiger partial charge in [0.1, 0.15) is 17.9 Å². The molecule has 4 nitrogen and oxygen atoms in total. The second kappa shape index (κ2) is 5.18. The van der Waals surface area contributed by atoms with Gasteiger partial charge in [0.2, 0.25) is 0 Å². The van der Waals surface area contributed by atoms with Crippen LogP contribution in [0, 0.1) is 0 Å². The number of carbonyl (C=O) groups is 1. The number of anilines is 1. The van der Waals surface area contributed by atoms with Crippen molar-refractivity contribution in [2.75, 3.05) is 18.0 Å². The molecule has 1 fully saturated rings. The van der Waals surface area contributed by atoms with Crippen LogP contribution in [0.1, 0.15) is 12.8 Å². The highest BCUT2D eigenvalue weighted by atomic mass is 16.1. The third-order valence-corrected chi connectivity index (χ3v) is 3.37. The van der Waals surface area contributed by atoms with Crippen molar-refractivity contribution in [1.82, 2.24) is 9.97 Å². The number of rotatable bonds is 2. The van der Waals surface area contributed by atoms with Crippen molar-refractivity contribution >= 4 is 11.6 Å². The molecule has 0 spiro atoms. The first-order valence-corrected chi connectivity index (χ1v) is 6.47. The third kappa shape index (κ3) is 2.62. The van der Waals surface area contributed by atoms with Gasteiger partial charge in [0.15, 0.2) is 0 Å². The predicted molar refractivity (Wildman–Crippen MR) is 73.9 cm³/mol. The lowest BCUT2D eigenvalue weighted by molar-refractivity contribution is -0.119. The molecule has 19 heavy (non-hydrogen) atoms. The molecule has 2 heterocycles. The second-order valence-electron chi connectivity index (χ2n) is 4.65. The topological polar surface area (TPSA) is 46.1 Å². The summed E-state index contributed by atoms with van der Waals surface area (Å²) in [5, 5.41) is 0. The average molecular weight is 253 g/mol. The van der Waals surface area contributed by atoms with E-state index in [9.17, 15) is 4.79 Å². The van der Waals surface area contributed by atoms with Crippen molar-refractivity contribution in [1.29, 1.82) is 0 Å². The molecule has 0 atom stereocenters. The first-order valence-electron chi connectivity index (χ1n) is 6.47. The van der Waals surface area contributed by atoms with Crippen LogP contribution in [-0.2, 0) is 4.79 Å². The van der Waals surface area contributed by atoms with Gasteiger partial charge in [-0.25, -0.2) is 9.97 Å². The second-order valence-corrected chi connectivity index (χ2v) is 4.65. The van der Waals surface area contributed by atoms with Crippen LogP contribution in [0.4, 0.5) is 5.82 Å². The van der Waals surface area contributed by atoms with Gasteiger partial charge < -0.3 is 4.90 Å². The molecule has 1 aromatic carbocycles. The molecule has 0 saturated carbocycles. The SMILES string of the molecule is O=C1CCN(c2cc(-c3ccccc3)ncn2)CC1. The molecule has 1 aliphatic rings. The van der Waals surface area contributed by atoms with Crippen molar-refractivity contribution < 1.29 is 4.79 Å². The summed E-state index contributed by atoms with van der Waals surface area (Å²) < 4.78 is 0. The minimum atomic E-state index is 0.341. The van der Waals surface area contributed by atoms with E-state index in [0.717, 1.165) is 30.2 Å². The molecule has 0 aliphatic carbocycles. The molecular formula is C15H15N3O. The Morgan fingerprint density at radius 3 is 2.47 bits per heavy atom. The number of piperidine rings is 1. The first-order chi connectivity index (χ1) is 9.33. The van der Waals surface area contributed by atoms with Crippen molar-refractivity contribution in [2.45, 2.75) is 12.8 Å². The molecule has 0 radical (unpaired) electrons. The van der Waals surface area contributed by atoms with Crippen LogP contribution in [0.15, 0.2) is 42.7 Å². The third-order valence-electron chi connectivity index (χ3n) is 3.37. The van der Waals surface area contributed by atoms with Gasteiger partial charge in [0.05, 0.1) is 5.69 Å². The van der Waals surface area contributed by atoms with Crippen LogP contribution in [-0.4, -0.2) is 28.8 Å². The normalized spacial score (nSPS) is 15.6. The standard InChI is InChI=1S/C15H15N3O/c19-13-6-8-18(9-7-13)15-10-14(16-11-17-15)12-4-2-1-3-5-12/h1-5,10-11H,6-9H2. The number of aromatic nitrogens is 2. The predicted octanol–water partition coefficient (Wildman–Crippen LogP) is 2.31. The van der Waals surface area contributed by atoms with Gasteiger partial charge in [0, 0.05) is 37.6 Å². The summed E-state index contributed by atoms with van der Waals surface area (Å²) in [6.07, 6.45) is 2.82. The van der Waals surface area contributed by atoms with Crippen molar-refractivity contribution in [3.63, 3.8) is 0 Å². The average Bonchev–Trinajstić information content (AvgIpc) is 2.49. The van der Waals surface area contributed by atoms with Crippen LogP contribution >= 0.6 is 0 Å². The molecule has 0 bridgehead atoms. The lowest BCUT2D eigenvalue weighted by Gasteiger charge is -2.27. The van der Waals surface area contributed by atoms with Crippen LogP contribution in [0.2, 0.25) is 0 Å². The molecule has 4 heteroatoms. The lowest BCUT2D eigenvalue weighted by atomic mass is 10.1. The Bertz CT molecular complexity index is 573. The number of Topliss-reactive ketones (excluding diaryl/α,β-unsaturated/α-hetero) is 1. The van der Waals surface area contributed by atoms with Gasteiger partial charge in [-0.2, -0.15) is 0 Å². The Kier molecular flexibility index (Phi) is 3.23.